The molecule has 0 radical (unpaired) electrons. The zero-order valence-corrected chi connectivity index (χ0v) is 7.33. The molecule has 2 atom stereocenters. The second kappa shape index (κ2) is 2.91. The summed E-state index contributed by atoms with van der Waals surface area (Å²) < 4.78 is 0. The molecule has 1 aromatic rings. The van der Waals surface area contributed by atoms with Gasteiger partial charge < -0.3 is 5.11 Å². The summed E-state index contributed by atoms with van der Waals surface area (Å²) in [6.07, 6.45) is 1.72. The van der Waals surface area contributed by atoms with Crippen LogP contribution in [0.15, 0.2) is 24.3 Å². The number of benzene rings is 1. The number of hydrogen-bond acceptors (Lipinski definition) is 1. The van der Waals surface area contributed by atoms with Crippen molar-refractivity contribution in [2.45, 2.75) is 25.9 Å². The van der Waals surface area contributed by atoms with Gasteiger partial charge in [0.15, 0.2) is 0 Å². The summed E-state index contributed by atoms with van der Waals surface area (Å²) >= 11 is 0. The predicted octanol–water partition coefficient (Wildman–Crippen LogP) is 1.78. The Morgan fingerprint density at radius 2 is 1.75 bits per heavy atom. The molecule has 1 heteroatoms. The molecule has 0 aromatic heterocycles. The van der Waals surface area contributed by atoms with Crippen molar-refractivity contribution in [3.8, 4) is 0 Å². The van der Waals surface area contributed by atoms with E-state index in [0.717, 1.165) is 12.8 Å². The highest BCUT2D eigenvalue weighted by Crippen LogP contribution is 2.24. The summed E-state index contributed by atoms with van der Waals surface area (Å²) in [4.78, 5) is 0. The van der Waals surface area contributed by atoms with Crippen LogP contribution in [0.25, 0.3) is 0 Å². The Morgan fingerprint density at radius 3 is 2.42 bits per heavy atom. The van der Waals surface area contributed by atoms with E-state index in [-0.39, 0.29) is 6.10 Å². The zero-order chi connectivity index (χ0) is 8.55. The van der Waals surface area contributed by atoms with Gasteiger partial charge in [-0.05, 0) is 29.9 Å². The minimum absolute atomic E-state index is 0.139. The van der Waals surface area contributed by atoms with Crippen LogP contribution >= 0.6 is 0 Å². The fourth-order valence-electron chi connectivity index (χ4n) is 1.87. The standard InChI is InChI=1S/C11H14O/c1-8-6-9-4-2-3-5-10(9)7-11(8)12/h2-5,8,11-12H,6-7H2,1H3/t8-,11-/m1/s1. The zero-order valence-electron chi connectivity index (χ0n) is 7.33. The molecule has 1 aliphatic rings. The van der Waals surface area contributed by atoms with Gasteiger partial charge in [-0.3, -0.25) is 0 Å². The van der Waals surface area contributed by atoms with Crippen molar-refractivity contribution in [1.29, 1.82) is 0 Å². The topological polar surface area (TPSA) is 20.2 Å². The average molecular weight is 162 g/mol. The molecular weight excluding hydrogens is 148 g/mol. The number of fused-ring (bicyclic) bond motifs is 1. The average Bonchev–Trinajstić information content (AvgIpc) is 2.07. The van der Waals surface area contributed by atoms with Gasteiger partial charge in [0.25, 0.3) is 0 Å². The predicted molar refractivity (Wildman–Crippen MR) is 49.0 cm³/mol. The molecule has 0 fully saturated rings. The van der Waals surface area contributed by atoms with Crippen molar-refractivity contribution in [1.82, 2.24) is 0 Å². The number of hydrogen-bond donors (Lipinski definition) is 1. The van der Waals surface area contributed by atoms with E-state index < -0.39 is 0 Å². The molecule has 1 nitrogen and oxygen atoms in total. The van der Waals surface area contributed by atoms with Crippen molar-refractivity contribution in [2.75, 3.05) is 0 Å². The lowest BCUT2D eigenvalue weighted by Gasteiger charge is -2.26. The molecule has 0 amide bonds. The minimum atomic E-state index is -0.139. The highest BCUT2D eigenvalue weighted by Gasteiger charge is 2.22. The Labute approximate surface area is 73.0 Å². The Morgan fingerprint density at radius 1 is 1.17 bits per heavy atom. The second-order valence-corrected chi connectivity index (χ2v) is 3.72. The smallest absolute Gasteiger partial charge is 0.0609 e. The van der Waals surface area contributed by atoms with E-state index >= 15 is 0 Å². The van der Waals surface area contributed by atoms with Crippen LogP contribution in [0, 0.1) is 5.92 Å². The highest BCUT2D eigenvalue weighted by atomic mass is 16.3. The van der Waals surface area contributed by atoms with Gasteiger partial charge in [0.05, 0.1) is 6.10 Å². The Hall–Kier alpha value is -0.820. The Bertz CT molecular complexity index is 251. The van der Waals surface area contributed by atoms with Crippen LogP contribution in [-0.2, 0) is 12.8 Å². The number of aliphatic hydroxyl groups is 1. The maximum atomic E-state index is 9.62. The third-order valence-electron chi connectivity index (χ3n) is 2.75. The SMILES string of the molecule is C[C@@H]1Cc2ccccc2C[C@H]1O. The van der Waals surface area contributed by atoms with Crippen LogP contribution < -0.4 is 0 Å². The maximum absolute atomic E-state index is 9.62. The van der Waals surface area contributed by atoms with Crippen LogP contribution in [0.3, 0.4) is 0 Å². The monoisotopic (exact) mass is 162 g/mol. The summed E-state index contributed by atoms with van der Waals surface area (Å²) in [5.74, 6) is 0.417. The lowest BCUT2D eigenvalue weighted by atomic mass is 9.83. The van der Waals surface area contributed by atoms with Gasteiger partial charge in [-0.1, -0.05) is 31.2 Å². The van der Waals surface area contributed by atoms with Gasteiger partial charge in [-0.25, -0.2) is 0 Å². The van der Waals surface area contributed by atoms with E-state index in [1.807, 2.05) is 6.07 Å². The molecule has 0 unspecified atom stereocenters. The molecular formula is C11H14O. The van der Waals surface area contributed by atoms with Crippen molar-refractivity contribution in [3.63, 3.8) is 0 Å². The third-order valence-corrected chi connectivity index (χ3v) is 2.75. The summed E-state index contributed by atoms with van der Waals surface area (Å²) in [6, 6.07) is 8.40. The first-order chi connectivity index (χ1) is 5.77. The van der Waals surface area contributed by atoms with Crippen molar-refractivity contribution >= 4 is 0 Å². The van der Waals surface area contributed by atoms with Gasteiger partial charge in [0, 0.05) is 0 Å². The van der Waals surface area contributed by atoms with Crippen LogP contribution in [0.1, 0.15) is 18.1 Å². The number of rotatable bonds is 0. The van der Waals surface area contributed by atoms with Crippen molar-refractivity contribution in [2.24, 2.45) is 5.92 Å². The minimum Gasteiger partial charge on any atom is -0.392 e. The Kier molecular flexibility index (Phi) is 1.89. The molecule has 0 spiro atoms. The maximum Gasteiger partial charge on any atom is 0.0609 e. The summed E-state index contributed by atoms with van der Waals surface area (Å²) in [5.41, 5.74) is 2.73. The lowest BCUT2D eigenvalue weighted by Crippen LogP contribution is -2.27. The fourth-order valence-corrected chi connectivity index (χ4v) is 1.87. The number of aliphatic hydroxyl groups excluding tert-OH is 1. The first kappa shape index (κ1) is 7.81. The molecule has 0 saturated heterocycles. The van der Waals surface area contributed by atoms with E-state index in [4.69, 9.17) is 0 Å². The fraction of sp³-hybridized carbons (Fsp3) is 0.455. The lowest BCUT2D eigenvalue weighted by molar-refractivity contribution is 0.109. The second-order valence-electron chi connectivity index (χ2n) is 3.72. The molecule has 1 aliphatic carbocycles. The van der Waals surface area contributed by atoms with Crippen LogP contribution in [0.4, 0.5) is 0 Å². The summed E-state index contributed by atoms with van der Waals surface area (Å²) in [5, 5.41) is 9.62. The van der Waals surface area contributed by atoms with E-state index in [2.05, 4.69) is 25.1 Å². The van der Waals surface area contributed by atoms with Gasteiger partial charge >= 0.3 is 0 Å². The molecule has 1 N–H and O–H groups in total. The molecule has 12 heavy (non-hydrogen) atoms. The van der Waals surface area contributed by atoms with E-state index in [1.54, 1.807) is 0 Å². The van der Waals surface area contributed by atoms with Gasteiger partial charge in [0.2, 0.25) is 0 Å². The first-order valence-electron chi connectivity index (χ1n) is 4.52. The van der Waals surface area contributed by atoms with Crippen molar-refractivity contribution in [3.05, 3.63) is 35.4 Å². The molecule has 1 aromatic carbocycles. The molecule has 0 heterocycles. The molecule has 2 rings (SSSR count). The van der Waals surface area contributed by atoms with Gasteiger partial charge in [-0.15, -0.1) is 0 Å². The molecule has 0 saturated carbocycles. The molecule has 64 valence electrons. The quantitative estimate of drug-likeness (QED) is 0.616. The summed E-state index contributed by atoms with van der Waals surface area (Å²) in [7, 11) is 0. The molecule has 0 bridgehead atoms. The van der Waals surface area contributed by atoms with E-state index in [1.165, 1.54) is 11.1 Å². The highest BCUT2D eigenvalue weighted by molar-refractivity contribution is 5.30. The first-order valence-corrected chi connectivity index (χ1v) is 4.52. The summed E-state index contributed by atoms with van der Waals surface area (Å²) in [6.45, 7) is 2.11. The van der Waals surface area contributed by atoms with Crippen LogP contribution in [0.5, 0.6) is 0 Å². The third kappa shape index (κ3) is 1.25. The van der Waals surface area contributed by atoms with E-state index in [9.17, 15) is 5.11 Å². The van der Waals surface area contributed by atoms with Crippen LogP contribution in [0.2, 0.25) is 0 Å². The van der Waals surface area contributed by atoms with E-state index in [0.29, 0.717) is 5.92 Å². The van der Waals surface area contributed by atoms with Crippen molar-refractivity contribution < 1.29 is 5.11 Å². The molecule has 0 aliphatic heterocycles. The Balaban J connectivity index is 2.34. The van der Waals surface area contributed by atoms with Gasteiger partial charge in [-0.2, -0.15) is 0 Å². The van der Waals surface area contributed by atoms with Crippen LogP contribution in [-0.4, -0.2) is 11.2 Å². The largest absolute Gasteiger partial charge is 0.392 e. The normalized spacial score (nSPS) is 28.2. The van der Waals surface area contributed by atoms with Gasteiger partial charge in [0.1, 0.15) is 0 Å².